The largest absolute Gasteiger partial charge is 2.00 e. The first-order valence-corrected chi connectivity index (χ1v) is 14.4. The number of phenols is 2. The van der Waals surface area contributed by atoms with Gasteiger partial charge < -0.3 is 39.1 Å². The Bertz CT molecular complexity index is 1790. The Morgan fingerprint density at radius 2 is 0.902 bits per heavy atom. The zero-order valence-corrected chi connectivity index (χ0v) is 29.4. The number of benzene rings is 2. The van der Waals surface area contributed by atoms with Crippen molar-refractivity contribution in [3.8, 4) is 23.0 Å². The van der Waals surface area contributed by atoms with E-state index in [0.29, 0.717) is 11.1 Å². The molecule has 51 heavy (non-hydrogen) atoms. The van der Waals surface area contributed by atoms with Gasteiger partial charge >= 0.3 is 28.3 Å². The molecule has 0 aliphatic rings. The van der Waals surface area contributed by atoms with Gasteiger partial charge in [0.15, 0.2) is 11.6 Å². The van der Waals surface area contributed by atoms with Crippen LogP contribution in [0.3, 0.4) is 0 Å². The molecule has 0 unspecified atom stereocenters. The summed E-state index contributed by atoms with van der Waals surface area (Å²) in [4.78, 5) is 68.4. The van der Waals surface area contributed by atoms with Crippen LogP contribution < -0.4 is 21.5 Å². The molecule has 4 aromatic rings. The average molecular weight is 752 g/mol. The summed E-state index contributed by atoms with van der Waals surface area (Å²) < 4.78 is 9.47. The Hall–Kier alpha value is -6.18. The number of carbonyl (C=O) groups is 4. The average Bonchev–Trinajstić information content (AvgIpc) is 3.04. The van der Waals surface area contributed by atoms with Crippen molar-refractivity contribution in [2.24, 2.45) is 0 Å². The van der Waals surface area contributed by atoms with Crippen molar-refractivity contribution < 1.29 is 65.5 Å². The van der Waals surface area contributed by atoms with E-state index in [1.54, 1.807) is 52.5 Å². The summed E-state index contributed by atoms with van der Waals surface area (Å²) in [5.74, 6) is -2.19. The van der Waals surface area contributed by atoms with E-state index in [9.17, 15) is 39.0 Å². The molecule has 2 amide bonds. The summed E-state index contributed by atoms with van der Waals surface area (Å²) in [6, 6.07) is 14.4. The van der Waals surface area contributed by atoms with Gasteiger partial charge in [0, 0.05) is 28.2 Å². The normalized spacial score (nSPS) is 9.84. The van der Waals surface area contributed by atoms with Crippen molar-refractivity contribution in [1.29, 1.82) is 0 Å². The summed E-state index contributed by atoms with van der Waals surface area (Å²) in [6.07, 6.45) is 6.63. The molecule has 0 bridgehead atoms. The number of ketones is 2. The fourth-order valence-electron chi connectivity index (χ4n) is 3.29. The molecule has 0 atom stereocenters. The zero-order valence-electron chi connectivity index (χ0n) is 28.4. The molecule has 1 radical (unpaired) electrons. The predicted molar refractivity (Wildman–Crippen MR) is 181 cm³/mol. The van der Waals surface area contributed by atoms with Crippen LogP contribution in [-0.2, 0) is 26.7 Å². The molecule has 2 N–H and O–H groups in total. The van der Waals surface area contributed by atoms with Gasteiger partial charge in [0.25, 0.3) is 0 Å². The van der Waals surface area contributed by atoms with Gasteiger partial charge in [0.2, 0.25) is 12.8 Å². The molecule has 0 aliphatic carbocycles. The molecule has 273 valence electrons. The van der Waals surface area contributed by atoms with Gasteiger partial charge in [-0.05, 0) is 73.5 Å². The SMILES string of the molecule is CN(C)C=O.CN(C)C=O.Cc1cc([O-])c(C(=O)/C=C/c2ccc(O)cc2)c(=O)o1.Cc1cc([O-])c(C(=O)/C=C/c2ccc(O)cc2)c(=O)o1.[Cu+2]. The van der Waals surface area contributed by atoms with Crippen molar-refractivity contribution in [3.63, 3.8) is 0 Å². The van der Waals surface area contributed by atoms with Gasteiger partial charge in [-0.25, -0.2) is 9.59 Å². The second kappa shape index (κ2) is 22.5. The van der Waals surface area contributed by atoms with Crippen LogP contribution in [-0.4, -0.2) is 72.6 Å². The first kappa shape index (κ1) is 44.8. The van der Waals surface area contributed by atoms with Crippen molar-refractivity contribution >= 4 is 36.5 Å². The van der Waals surface area contributed by atoms with Crippen LogP contribution in [0, 0.1) is 13.8 Å². The van der Waals surface area contributed by atoms with Crippen LogP contribution in [0.5, 0.6) is 23.0 Å². The van der Waals surface area contributed by atoms with Crippen molar-refractivity contribution in [2.45, 2.75) is 13.8 Å². The number of hydrogen-bond acceptors (Lipinski definition) is 12. The summed E-state index contributed by atoms with van der Waals surface area (Å²) >= 11 is 0. The third-order valence-electron chi connectivity index (χ3n) is 5.63. The Labute approximate surface area is 303 Å². The Morgan fingerprint density at radius 1 is 0.627 bits per heavy atom. The van der Waals surface area contributed by atoms with Crippen LogP contribution in [0.25, 0.3) is 12.2 Å². The number of hydrogen-bond donors (Lipinski definition) is 2. The molecule has 0 spiro atoms. The quantitative estimate of drug-likeness (QED) is 0.115. The molecule has 0 aliphatic heterocycles. The van der Waals surface area contributed by atoms with E-state index >= 15 is 0 Å². The van der Waals surface area contributed by atoms with Crippen LogP contribution in [0.4, 0.5) is 0 Å². The molecule has 2 aromatic carbocycles. The molecule has 14 nitrogen and oxygen atoms in total. The third-order valence-corrected chi connectivity index (χ3v) is 5.63. The van der Waals surface area contributed by atoms with Gasteiger partial charge in [0.1, 0.15) is 23.0 Å². The van der Waals surface area contributed by atoms with Crippen molar-refractivity contribution in [1.82, 2.24) is 9.80 Å². The minimum atomic E-state index is -0.935. The maximum Gasteiger partial charge on any atom is 2.00 e. The Balaban J connectivity index is 0.000000764. The van der Waals surface area contributed by atoms with Gasteiger partial charge in [-0.15, -0.1) is 0 Å². The summed E-state index contributed by atoms with van der Waals surface area (Å²) in [6.45, 7) is 2.92. The zero-order chi connectivity index (χ0) is 38.0. The number of rotatable bonds is 8. The molecule has 0 saturated carbocycles. The van der Waals surface area contributed by atoms with E-state index in [1.807, 2.05) is 0 Å². The number of phenolic OH excluding ortho intramolecular Hbond substituents is 2. The molecule has 4 rings (SSSR count). The second-order valence-corrected chi connectivity index (χ2v) is 10.5. The van der Waals surface area contributed by atoms with Crippen LogP contribution in [0.2, 0.25) is 0 Å². The maximum absolute atomic E-state index is 11.8. The second-order valence-electron chi connectivity index (χ2n) is 10.5. The minimum Gasteiger partial charge on any atom is -0.872 e. The summed E-state index contributed by atoms with van der Waals surface area (Å²) in [5.41, 5.74) is -1.58. The summed E-state index contributed by atoms with van der Waals surface area (Å²) in [5, 5.41) is 41.5. The van der Waals surface area contributed by atoms with Gasteiger partial charge in [-0.1, -0.05) is 47.9 Å². The number of aryl methyl sites for hydroxylation is 2. The molecule has 2 aromatic heterocycles. The molecular formula is C36H36CuN2O12. The summed E-state index contributed by atoms with van der Waals surface area (Å²) in [7, 11) is 6.75. The smallest absolute Gasteiger partial charge is 0.872 e. The Kier molecular flexibility index (Phi) is 19.7. The monoisotopic (exact) mass is 751 g/mol. The van der Waals surface area contributed by atoms with Crippen LogP contribution in [0.1, 0.15) is 43.4 Å². The molecule has 15 heteroatoms. The number of nitrogens with zero attached hydrogens (tertiary/aromatic N) is 2. The van der Waals surface area contributed by atoms with E-state index < -0.39 is 45.4 Å². The fourth-order valence-corrected chi connectivity index (χ4v) is 3.29. The minimum absolute atomic E-state index is 0. The van der Waals surface area contributed by atoms with Crippen LogP contribution >= 0.6 is 0 Å². The molecular weight excluding hydrogens is 716 g/mol. The van der Waals surface area contributed by atoms with Gasteiger partial charge in [0.05, 0.1) is 11.1 Å². The maximum atomic E-state index is 11.8. The van der Waals surface area contributed by atoms with E-state index in [0.717, 1.165) is 37.1 Å². The molecule has 2 heterocycles. The van der Waals surface area contributed by atoms with Crippen molar-refractivity contribution in [2.75, 3.05) is 28.2 Å². The third kappa shape index (κ3) is 16.7. The van der Waals surface area contributed by atoms with E-state index in [1.165, 1.54) is 60.1 Å². The standard InChI is InChI=1S/2C15H12O5.2C3H7NO.Cu/c2*1-9-8-13(18)14(15(19)20-9)12(17)7-4-10-2-5-11(16)6-3-10;2*1-4(2)3-5;/h2*2-8,16,18H,1H3;2*3H,1-2H3;/q;;;;+2/p-2/b2*7-4+;;;. The fraction of sp³-hybridized carbons (Fsp3) is 0.167. The first-order chi connectivity index (χ1) is 23.5. The van der Waals surface area contributed by atoms with E-state index in [4.69, 9.17) is 19.0 Å². The number of allylic oxidation sites excluding steroid dienone is 2. The number of amides is 2. The number of carbonyl (C=O) groups excluding carboxylic acids is 4. The molecule has 0 saturated heterocycles. The van der Waals surface area contributed by atoms with Crippen LogP contribution in [0.15, 0.2) is 91.2 Å². The first-order valence-electron chi connectivity index (χ1n) is 14.4. The predicted octanol–water partition coefficient (Wildman–Crippen LogP) is 2.65. The van der Waals surface area contributed by atoms with Gasteiger partial charge in [-0.2, -0.15) is 0 Å². The Morgan fingerprint density at radius 3 is 1.14 bits per heavy atom. The van der Waals surface area contributed by atoms with E-state index in [2.05, 4.69) is 0 Å². The molecule has 0 fully saturated rings. The number of aromatic hydroxyl groups is 2. The van der Waals surface area contributed by atoms with E-state index in [-0.39, 0.29) is 40.1 Å². The van der Waals surface area contributed by atoms with Gasteiger partial charge in [-0.3, -0.25) is 19.2 Å². The van der Waals surface area contributed by atoms with Crippen molar-refractivity contribution in [3.05, 3.63) is 127 Å². The topological polar surface area (TPSA) is 222 Å².